The number of hydrogen-bond acceptors (Lipinski definition) is 2. The predicted molar refractivity (Wildman–Crippen MR) is 98.5 cm³/mol. The van der Waals surface area contributed by atoms with Crippen LogP contribution in [-0.2, 0) is 0 Å². The van der Waals surface area contributed by atoms with E-state index >= 15 is 0 Å². The number of benzene rings is 3. The lowest BCUT2D eigenvalue weighted by Crippen LogP contribution is -2.02. The molecule has 3 rings (SSSR count). The molecule has 0 aliphatic rings. The van der Waals surface area contributed by atoms with Crippen molar-refractivity contribution in [3.63, 3.8) is 0 Å². The van der Waals surface area contributed by atoms with Gasteiger partial charge in [-0.05, 0) is 29.3 Å². The van der Waals surface area contributed by atoms with Gasteiger partial charge < -0.3 is 5.11 Å². The van der Waals surface area contributed by atoms with E-state index in [0.29, 0.717) is 11.1 Å². The topological polar surface area (TPSA) is 54.4 Å². The van der Waals surface area contributed by atoms with Crippen LogP contribution < -0.4 is 0 Å². The Bertz CT molecular complexity index is 909. The highest BCUT2D eigenvalue weighted by molar-refractivity contribution is 6.32. The van der Waals surface area contributed by atoms with Gasteiger partial charge in [-0.25, -0.2) is 4.79 Å². The van der Waals surface area contributed by atoms with Gasteiger partial charge in [-0.1, -0.05) is 72.8 Å². The second-order valence-corrected chi connectivity index (χ2v) is 5.55. The maximum Gasteiger partial charge on any atom is 0.335 e. The second kappa shape index (κ2) is 7.41. The Morgan fingerprint density at radius 3 is 1.68 bits per heavy atom. The molecule has 0 bridgehead atoms. The van der Waals surface area contributed by atoms with Gasteiger partial charge in [0.2, 0.25) is 0 Å². The molecule has 3 aromatic rings. The molecular weight excluding hydrogens is 312 g/mol. The molecule has 3 aromatic carbocycles. The average molecular weight is 328 g/mol. The van der Waals surface area contributed by atoms with Crippen molar-refractivity contribution in [3.05, 3.63) is 107 Å². The van der Waals surface area contributed by atoms with Crippen LogP contribution in [-0.4, -0.2) is 16.9 Å². The van der Waals surface area contributed by atoms with E-state index < -0.39 is 5.97 Å². The summed E-state index contributed by atoms with van der Waals surface area (Å²) in [7, 11) is 0. The quantitative estimate of drug-likeness (QED) is 0.415. The first-order valence-corrected chi connectivity index (χ1v) is 7.85. The van der Waals surface area contributed by atoms with Crippen molar-refractivity contribution >= 4 is 23.4 Å². The maximum atomic E-state index is 13.0. The minimum absolute atomic E-state index is 0.0749. The van der Waals surface area contributed by atoms with Gasteiger partial charge in [0.05, 0.1) is 5.56 Å². The van der Waals surface area contributed by atoms with E-state index in [9.17, 15) is 9.59 Å². The molecule has 0 saturated carbocycles. The molecule has 3 heteroatoms. The first-order valence-electron chi connectivity index (χ1n) is 7.85. The number of carboxylic acid groups (broad SMARTS) is 1. The van der Waals surface area contributed by atoms with Crippen molar-refractivity contribution in [2.45, 2.75) is 0 Å². The Hall–Kier alpha value is -3.46. The van der Waals surface area contributed by atoms with Crippen molar-refractivity contribution in [2.24, 2.45) is 0 Å². The van der Waals surface area contributed by atoms with Gasteiger partial charge >= 0.3 is 5.97 Å². The second-order valence-electron chi connectivity index (χ2n) is 5.55. The number of carbonyl (C=O) groups is 2. The third kappa shape index (κ3) is 3.90. The van der Waals surface area contributed by atoms with E-state index in [-0.39, 0.29) is 11.3 Å². The number of allylic oxidation sites excluding steroid dienone is 1. The molecule has 0 saturated heterocycles. The molecule has 0 radical (unpaired) electrons. The van der Waals surface area contributed by atoms with Crippen LogP contribution >= 0.6 is 0 Å². The summed E-state index contributed by atoms with van der Waals surface area (Å²) in [5, 5.41) is 9.00. The minimum Gasteiger partial charge on any atom is -0.478 e. The summed E-state index contributed by atoms with van der Waals surface area (Å²) in [5.41, 5.74) is 2.98. The Kier molecular flexibility index (Phi) is 4.86. The molecule has 122 valence electrons. The number of carbonyl (C=O) groups excluding carboxylic acids is 1. The first-order chi connectivity index (χ1) is 12.1. The third-order valence-electron chi connectivity index (χ3n) is 3.83. The molecule has 3 nitrogen and oxygen atoms in total. The van der Waals surface area contributed by atoms with Crippen molar-refractivity contribution in [3.8, 4) is 0 Å². The number of aromatic carboxylic acids is 1. The van der Waals surface area contributed by atoms with Gasteiger partial charge in [0, 0.05) is 11.1 Å². The predicted octanol–water partition coefficient (Wildman–Crippen LogP) is 4.81. The van der Waals surface area contributed by atoms with E-state index in [0.717, 1.165) is 11.1 Å². The number of hydrogen-bond donors (Lipinski definition) is 1. The van der Waals surface area contributed by atoms with Crippen molar-refractivity contribution in [1.82, 2.24) is 0 Å². The Labute approximate surface area is 145 Å². The van der Waals surface area contributed by atoms with Gasteiger partial charge in [-0.3, -0.25) is 4.79 Å². The number of carboxylic acids is 1. The van der Waals surface area contributed by atoms with E-state index in [4.69, 9.17) is 5.11 Å². The van der Waals surface area contributed by atoms with Crippen LogP contribution in [0.2, 0.25) is 0 Å². The molecule has 0 spiro atoms. The molecule has 0 aliphatic carbocycles. The molecule has 0 amide bonds. The molecule has 0 fully saturated rings. The monoisotopic (exact) mass is 328 g/mol. The highest BCUT2D eigenvalue weighted by Crippen LogP contribution is 2.23. The number of Topliss-reactive ketones (excluding diaryl/α,β-unsaturated/α-hetero) is 1. The molecule has 0 atom stereocenters. The Morgan fingerprint density at radius 2 is 1.16 bits per heavy atom. The third-order valence-corrected chi connectivity index (χ3v) is 3.83. The van der Waals surface area contributed by atoms with Crippen molar-refractivity contribution in [1.29, 1.82) is 0 Å². The lowest BCUT2D eigenvalue weighted by Gasteiger charge is -2.08. The van der Waals surface area contributed by atoms with E-state index in [1.165, 1.54) is 12.1 Å². The Balaban J connectivity index is 2.05. The summed E-state index contributed by atoms with van der Waals surface area (Å²) in [5.74, 6) is -1.05. The van der Waals surface area contributed by atoms with Crippen LogP contribution in [0.3, 0.4) is 0 Å². The molecule has 25 heavy (non-hydrogen) atoms. The SMILES string of the molecule is O=C(O)c1ccc(C=C(C(=O)c2ccccc2)c2ccccc2)cc1. The zero-order valence-electron chi connectivity index (χ0n) is 13.4. The molecule has 1 N–H and O–H groups in total. The minimum atomic E-state index is -0.973. The van der Waals surface area contributed by atoms with Crippen LogP contribution in [0.15, 0.2) is 84.9 Å². The van der Waals surface area contributed by atoms with Gasteiger partial charge in [0.15, 0.2) is 5.78 Å². The highest BCUT2D eigenvalue weighted by Gasteiger charge is 2.14. The van der Waals surface area contributed by atoms with E-state index in [2.05, 4.69) is 0 Å². The standard InChI is InChI=1S/C22H16O3/c23-21(18-9-5-2-6-10-18)20(17-7-3-1-4-8-17)15-16-11-13-19(14-12-16)22(24)25/h1-15H,(H,24,25). The highest BCUT2D eigenvalue weighted by atomic mass is 16.4. The lowest BCUT2D eigenvalue weighted by molar-refractivity contribution is 0.0696. The molecule has 0 aliphatic heterocycles. The zero-order valence-corrected chi connectivity index (χ0v) is 13.4. The smallest absolute Gasteiger partial charge is 0.335 e. The molecule has 0 aromatic heterocycles. The molecule has 0 unspecified atom stereocenters. The van der Waals surface area contributed by atoms with Crippen LogP contribution in [0, 0.1) is 0 Å². The summed E-state index contributed by atoms with van der Waals surface area (Å²) in [6.45, 7) is 0. The van der Waals surface area contributed by atoms with Gasteiger partial charge in [0.25, 0.3) is 0 Å². The van der Waals surface area contributed by atoms with Crippen LogP contribution in [0.1, 0.15) is 31.8 Å². The largest absolute Gasteiger partial charge is 0.478 e. The van der Waals surface area contributed by atoms with Crippen LogP contribution in [0.25, 0.3) is 11.6 Å². The van der Waals surface area contributed by atoms with Gasteiger partial charge in [0.1, 0.15) is 0 Å². The summed E-state index contributed by atoms with van der Waals surface area (Å²) in [6.07, 6.45) is 1.79. The average Bonchev–Trinajstić information content (AvgIpc) is 2.67. The maximum absolute atomic E-state index is 13.0. The van der Waals surface area contributed by atoms with E-state index in [1.54, 1.807) is 30.3 Å². The summed E-state index contributed by atoms with van der Waals surface area (Å²) < 4.78 is 0. The fourth-order valence-corrected chi connectivity index (χ4v) is 2.53. The summed E-state index contributed by atoms with van der Waals surface area (Å²) in [6, 6.07) is 25.0. The van der Waals surface area contributed by atoms with Gasteiger partial charge in [-0.2, -0.15) is 0 Å². The van der Waals surface area contributed by atoms with Crippen molar-refractivity contribution < 1.29 is 14.7 Å². The normalized spacial score (nSPS) is 11.1. The van der Waals surface area contributed by atoms with Crippen LogP contribution in [0.4, 0.5) is 0 Å². The Morgan fingerprint density at radius 1 is 0.640 bits per heavy atom. The summed E-state index contributed by atoms with van der Waals surface area (Å²) in [4.78, 5) is 23.9. The number of rotatable bonds is 5. The fourth-order valence-electron chi connectivity index (χ4n) is 2.53. The van der Waals surface area contributed by atoms with E-state index in [1.807, 2.05) is 48.5 Å². The first kappa shape index (κ1) is 16.4. The van der Waals surface area contributed by atoms with Crippen molar-refractivity contribution in [2.75, 3.05) is 0 Å². The summed E-state index contributed by atoms with van der Waals surface area (Å²) >= 11 is 0. The van der Waals surface area contributed by atoms with Crippen LogP contribution in [0.5, 0.6) is 0 Å². The van der Waals surface area contributed by atoms with Gasteiger partial charge in [-0.15, -0.1) is 0 Å². The molecule has 0 heterocycles. The molecular formula is C22H16O3. The number of ketones is 1. The zero-order chi connectivity index (χ0) is 17.6. The lowest BCUT2D eigenvalue weighted by atomic mass is 9.94. The fraction of sp³-hybridized carbons (Fsp3) is 0.